The van der Waals surface area contributed by atoms with Crippen LogP contribution in [0.4, 0.5) is 24.7 Å². The van der Waals surface area contributed by atoms with E-state index in [0.717, 1.165) is 36.9 Å². The van der Waals surface area contributed by atoms with Gasteiger partial charge in [-0.2, -0.15) is 0 Å². The highest BCUT2D eigenvalue weighted by molar-refractivity contribution is 5.50. The van der Waals surface area contributed by atoms with Crippen LogP contribution in [0.2, 0.25) is 0 Å². The monoisotopic (exact) mass is 510 g/mol. The van der Waals surface area contributed by atoms with E-state index in [2.05, 4.69) is 20.0 Å². The molecule has 6 rings (SSSR count). The van der Waals surface area contributed by atoms with Gasteiger partial charge in [0.25, 0.3) is 0 Å². The Morgan fingerprint density at radius 3 is 2.70 bits per heavy atom. The summed E-state index contributed by atoms with van der Waals surface area (Å²) >= 11 is 0. The van der Waals surface area contributed by atoms with E-state index in [0.29, 0.717) is 29.6 Å². The summed E-state index contributed by atoms with van der Waals surface area (Å²) in [6, 6.07) is 9.66. The Morgan fingerprint density at radius 2 is 1.92 bits per heavy atom. The predicted octanol–water partition coefficient (Wildman–Crippen LogP) is 3.84. The Morgan fingerprint density at radius 1 is 1.03 bits per heavy atom. The molecule has 2 aliphatic heterocycles. The van der Waals surface area contributed by atoms with Gasteiger partial charge in [0, 0.05) is 31.1 Å². The number of β-amino-alcohol motifs (C(OH)–C–C–N with tert-alkyl or cyclic N) is 1. The molecule has 0 unspecified atom stereocenters. The van der Waals surface area contributed by atoms with E-state index in [4.69, 9.17) is 4.74 Å². The summed E-state index contributed by atoms with van der Waals surface area (Å²) < 4.78 is 50.3. The number of ether oxygens (including phenoxy) is 1. The SMILES string of the molecule is O[C@H]1CCN(c2ccc(OCc3cnc4ccc(N5C[C@@H](F)C[C@@H]5c5cc(F)ccc5F)nn34)nc2)C1. The summed E-state index contributed by atoms with van der Waals surface area (Å²) in [6.07, 6.45) is 2.61. The summed E-state index contributed by atoms with van der Waals surface area (Å²) in [7, 11) is 0. The third-order valence-electron chi connectivity index (χ3n) is 6.90. The first-order chi connectivity index (χ1) is 17.9. The third-order valence-corrected chi connectivity index (χ3v) is 6.90. The topological polar surface area (TPSA) is 79.0 Å². The van der Waals surface area contributed by atoms with Gasteiger partial charge in [0.15, 0.2) is 5.65 Å². The quantitative estimate of drug-likeness (QED) is 0.422. The second-order valence-electron chi connectivity index (χ2n) is 9.41. The summed E-state index contributed by atoms with van der Waals surface area (Å²) in [5, 5.41) is 14.4. The fourth-order valence-electron chi connectivity index (χ4n) is 5.03. The average molecular weight is 511 g/mol. The van der Waals surface area contributed by atoms with Crippen molar-refractivity contribution >= 4 is 17.2 Å². The van der Waals surface area contributed by atoms with Crippen LogP contribution >= 0.6 is 0 Å². The second-order valence-corrected chi connectivity index (χ2v) is 9.41. The smallest absolute Gasteiger partial charge is 0.213 e. The number of alkyl halides is 1. The number of hydrogen-bond acceptors (Lipinski definition) is 7. The molecule has 3 atom stereocenters. The molecule has 37 heavy (non-hydrogen) atoms. The van der Waals surface area contributed by atoms with Gasteiger partial charge in [-0.05, 0) is 42.8 Å². The molecular formula is C26H25F3N6O2. The molecule has 0 aliphatic carbocycles. The van der Waals surface area contributed by atoms with Gasteiger partial charge in [0.05, 0.1) is 36.8 Å². The molecule has 5 heterocycles. The van der Waals surface area contributed by atoms with Crippen molar-refractivity contribution in [3.05, 3.63) is 77.8 Å². The molecule has 11 heteroatoms. The van der Waals surface area contributed by atoms with Gasteiger partial charge >= 0.3 is 0 Å². The number of benzene rings is 1. The number of nitrogens with zero attached hydrogens (tertiary/aromatic N) is 6. The van der Waals surface area contributed by atoms with Crippen molar-refractivity contribution in [1.82, 2.24) is 19.6 Å². The van der Waals surface area contributed by atoms with E-state index < -0.39 is 23.8 Å². The minimum Gasteiger partial charge on any atom is -0.471 e. The highest BCUT2D eigenvalue weighted by Gasteiger charge is 2.36. The minimum absolute atomic E-state index is 0.0178. The summed E-state index contributed by atoms with van der Waals surface area (Å²) in [4.78, 5) is 12.4. The Bertz CT molecular complexity index is 1420. The highest BCUT2D eigenvalue weighted by atomic mass is 19.1. The molecule has 0 amide bonds. The van der Waals surface area contributed by atoms with Gasteiger partial charge in [-0.1, -0.05) is 0 Å². The maximum atomic E-state index is 14.5. The van der Waals surface area contributed by atoms with Crippen molar-refractivity contribution in [3.8, 4) is 5.88 Å². The predicted molar refractivity (Wildman–Crippen MR) is 130 cm³/mol. The van der Waals surface area contributed by atoms with Crippen molar-refractivity contribution < 1.29 is 23.0 Å². The van der Waals surface area contributed by atoms with Gasteiger partial charge in [-0.3, -0.25) is 0 Å². The molecule has 0 spiro atoms. The molecule has 192 valence electrons. The maximum absolute atomic E-state index is 14.5. The number of hydrogen-bond donors (Lipinski definition) is 1. The van der Waals surface area contributed by atoms with Crippen molar-refractivity contribution in [2.24, 2.45) is 0 Å². The number of aliphatic hydroxyl groups is 1. The molecular weight excluding hydrogens is 485 g/mol. The third kappa shape index (κ3) is 4.66. The Kier molecular flexibility index (Phi) is 6.07. The van der Waals surface area contributed by atoms with Crippen molar-refractivity contribution in [1.29, 1.82) is 0 Å². The first kappa shape index (κ1) is 23.5. The van der Waals surface area contributed by atoms with E-state index in [9.17, 15) is 18.3 Å². The van der Waals surface area contributed by atoms with E-state index in [-0.39, 0.29) is 31.2 Å². The number of rotatable bonds is 6. The number of pyridine rings is 1. The van der Waals surface area contributed by atoms with Crippen LogP contribution in [0.5, 0.6) is 5.88 Å². The molecule has 2 saturated heterocycles. The fraction of sp³-hybridized carbons (Fsp3) is 0.346. The molecule has 0 saturated carbocycles. The summed E-state index contributed by atoms with van der Waals surface area (Å²) in [6.45, 7) is 1.53. The van der Waals surface area contributed by atoms with Crippen LogP contribution in [-0.2, 0) is 6.61 Å². The van der Waals surface area contributed by atoms with Gasteiger partial charge in [0.2, 0.25) is 5.88 Å². The normalized spacial score (nSPS) is 21.8. The lowest BCUT2D eigenvalue weighted by atomic mass is 10.0. The van der Waals surface area contributed by atoms with E-state index in [1.807, 2.05) is 6.07 Å². The van der Waals surface area contributed by atoms with E-state index >= 15 is 0 Å². The van der Waals surface area contributed by atoms with Gasteiger partial charge in [-0.15, -0.1) is 5.10 Å². The lowest BCUT2D eigenvalue weighted by Gasteiger charge is -2.26. The van der Waals surface area contributed by atoms with Gasteiger partial charge in [-0.25, -0.2) is 27.7 Å². The number of aromatic nitrogens is 4. The Hall–Kier alpha value is -3.86. The molecule has 0 bridgehead atoms. The lowest BCUT2D eigenvalue weighted by Crippen LogP contribution is -2.26. The minimum atomic E-state index is -1.20. The molecule has 2 fully saturated rings. The molecule has 2 aliphatic rings. The van der Waals surface area contributed by atoms with Crippen LogP contribution in [0, 0.1) is 11.6 Å². The molecule has 1 N–H and O–H groups in total. The number of aliphatic hydroxyl groups excluding tert-OH is 1. The van der Waals surface area contributed by atoms with E-state index in [1.54, 1.807) is 40.0 Å². The van der Waals surface area contributed by atoms with E-state index in [1.165, 1.54) is 0 Å². The number of anilines is 2. The zero-order valence-electron chi connectivity index (χ0n) is 19.8. The Balaban J connectivity index is 1.21. The highest BCUT2D eigenvalue weighted by Crippen LogP contribution is 2.38. The molecule has 0 radical (unpaired) electrons. The van der Waals surface area contributed by atoms with Crippen LogP contribution in [0.15, 0.2) is 54.9 Å². The number of halogens is 3. The van der Waals surface area contributed by atoms with Crippen molar-refractivity contribution in [3.63, 3.8) is 0 Å². The first-order valence-electron chi connectivity index (χ1n) is 12.2. The second kappa shape index (κ2) is 9.55. The number of fused-ring (bicyclic) bond motifs is 1. The average Bonchev–Trinajstić information content (AvgIpc) is 3.62. The van der Waals surface area contributed by atoms with Crippen LogP contribution in [0.1, 0.15) is 30.1 Å². The van der Waals surface area contributed by atoms with Crippen LogP contribution in [-0.4, -0.2) is 56.6 Å². The molecule has 3 aromatic heterocycles. The Labute approximate surface area is 210 Å². The van der Waals surface area contributed by atoms with Crippen molar-refractivity contribution in [2.45, 2.75) is 37.8 Å². The molecule has 4 aromatic rings. The zero-order chi connectivity index (χ0) is 25.5. The summed E-state index contributed by atoms with van der Waals surface area (Å²) in [5.74, 6) is -0.301. The molecule has 8 nitrogen and oxygen atoms in total. The largest absolute Gasteiger partial charge is 0.471 e. The van der Waals surface area contributed by atoms with Crippen LogP contribution < -0.4 is 14.5 Å². The van der Waals surface area contributed by atoms with Crippen molar-refractivity contribution in [2.75, 3.05) is 29.4 Å². The fourth-order valence-corrected chi connectivity index (χ4v) is 5.03. The summed E-state index contributed by atoms with van der Waals surface area (Å²) in [5.41, 5.74) is 2.25. The molecule has 1 aromatic carbocycles. The standard InChI is InChI=1S/C26H25F3N6O2/c27-16-1-3-22(29)21(9-16)23-10-17(28)13-34(23)25-5-4-24-30-12-19(35(24)32-25)15-37-26-6-2-18(11-31-26)33-8-7-20(36)14-33/h1-6,9,11-12,17,20,23,36H,7-8,10,13-15H2/t17-,20-,23+/m0/s1. The van der Waals surface area contributed by atoms with Crippen LogP contribution in [0.3, 0.4) is 0 Å². The lowest BCUT2D eigenvalue weighted by molar-refractivity contribution is 0.198. The number of imidazole rings is 1. The van der Waals surface area contributed by atoms with Crippen LogP contribution in [0.25, 0.3) is 5.65 Å². The first-order valence-corrected chi connectivity index (χ1v) is 12.2. The van der Waals surface area contributed by atoms with Gasteiger partial charge in [0.1, 0.15) is 35.9 Å². The zero-order valence-corrected chi connectivity index (χ0v) is 19.8. The van der Waals surface area contributed by atoms with Gasteiger partial charge < -0.3 is 19.6 Å². The maximum Gasteiger partial charge on any atom is 0.213 e.